The lowest BCUT2D eigenvalue weighted by molar-refractivity contribution is -0.154. The van der Waals surface area contributed by atoms with Crippen LogP contribution in [0.3, 0.4) is 0 Å². The predicted molar refractivity (Wildman–Crippen MR) is 322 cm³/mol. The van der Waals surface area contributed by atoms with Crippen LogP contribution in [0.5, 0.6) is 0 Å². The summed E-state index contributed by atoms with van der Waals surface area (Å²) in [6.45, 7) is 16.9. The molecule has 0 amide bonds. The zero-order valence-electron chi connectivity index (χ0n) is 50.5. The fourth-order valence-corrected chi connectivity index (χ4v) is 15.5. The Labute approximate surface area is 472 Å². The van der Waals surface area contributed by atoms with Gasteiger partial charge in [-0.25, -0.2) is 4.79 Å². The van der Waals surface area contributed by atoms with Gasteiger partial charge in [0.25, 0.3) is 8.32 Å². The quantitative estimate of drug-likeness (QED) is 0.0276. The lowest BCUT2D eigenvalue weighted by Crippen LogP contribution is -2.68. The van der Waals surface area contributed by atoms with Gasteiger partial charge in [0.15, 0.2) is 0 Å². The highest BCUT2D eigenvalue weighted by Crippen LogP contribution is 2.38. The van der Waals surface area contributed by atoms with Crippen molar-refractivity contribution in [1.29, 1.82) is 0 Å². The van der Waals surface area contributed by atoms with Crippen LogP contribution in [0.1, 0.15) is 280 Å². The minimum Gasteiger partial charge on any atom is -0.466 e. The second-order valence-electron chi connectivity index (χ2n) is 23.4. The number of hydrogen-bond donors (Lipinski definition) is 0. The Bertz CT molecular complexity index is 1710. The van der Waals surface area contributed by atoms with Crippen molar-refractivity contribution < 1.29 is 42.6 Å². The molecule has 10 heteroatoms. The molecule has 2 aromatic rings. The molecule has 2 rings (SSSR count). The Morgan fingerprint density at radius 2 is 0.701 bits per heavy atom. The first-order valence-corrected chi connectivity index (χ1v) is 33.7. The van der Waals surface area contributed by atoms with E-state index in [0.29, 0.717) is 57.3 Å². The number of esters is 4. The van der Waals surface area contributed by atoms with Crippen molar-refractivity contribution in [2.24, 2.45) is 11.8 Å². The topological polar surface area (TPSA) is 114 Å². The molecule has 2 aromatic carbocycles. The van der Waals surface area contributed by atoms with Gasteiger partial charge in [-0.3, -0.25) is 14.4 Å². The maximum atomic E-state index is 14.2. The van der Waals surface area contributed by atoms with Crippen molar-refractivity contribution in [3.63, 3.8) is 0 Å². The van der Waals surface area contributed by atoms with Crippen LogP contribution in [0.15, 0.2) is 60.7 Å². The molecule has 0 saturated heterocycles. The number of benzene rings is 2. The fourth-order valence-electron chi connectivity index (χ4n) is 10.8. The van der Waals surface area contributed by atoms with Gasteiger partial charge < -0.3 is 23.4 Å². The van der Waals surface area contributed by atoms with Crippen LogP contribution >= 0.6 is 0 Å². The Morgan fingerprint density at radius 3 is 1.06 bits per heavy atom. The molecule has 0 bridgehead atoms. The van der Waals surface area contributed by atoms with Crippen LogP contribution in [0.4, 0.5) is 0 Å². The first-order valence-electron chi connectivity index (χ1n) is 31.8. The van der Waals surface area contributed by atoms with E-state index in [1.165, 1.54) is 128 Å². The number of carbonyl (C=O) groups is 4. The minimum atomic E-state index is -3.17. The van der Waals surface area contributed by atoms with Crippen LogP contribution in [0.25, 0.3) is 0 Å². The average molecular weight is 1090 g/mol. The molecule has 0 aromatic heterocycles. The van der Waals surface area contributed by atoms with E-state index in [2.05, 4.69) is 72.7 Å². The zero-order chi connectivity index (χ0) is 56.1. The second-order valence-corrected chi connectivity index (χ2v) is 27.7. The third-order valence-electron chi connectivity index (χ3n) is 15.5. The second kappa shape index (κ2) is 45.3. The molecule has 0 radical (unpaired) electrons. The molecule has 0 saturated carbocycles. The Hall–Kier alpha value is -3.50. The van der Waals surface area contributed by atoms with E-state index in [9.17, 15) is 19.2 Å². The molecule has 0 aliphatic rings. The molecule has 77 heavy (non-hydrogen) atoms. The van der Waals surface area contributed by atoms with Crippen molar-refractivity contribution in [2.75, 3.05) is 26.4 Å². The Morgan fingerprint density at radius 1 is 0.390 bits per heavy atom. The summed E-state index contributed by atoms with van der Waals surface area (Å²) in [6.07, 6.45) is 36.1. The van der Waals surface area contributed by atoms with Gasteiger partial charge in [-0.1, -0.05) is 238 Å². The number of hydrogen-bond acceptors (Lipinski definition) is 9. The molecular weight excluding hydrogens is 977 g/mol. The van der Waals surface area contributed by atoms with Crippen LogP contribution in [-0.4, -0.2) is 64.7 Å². The third kappa shape index (κ3) is 32.4. The largest absolute Gasteiger partial charge is 0.466 e. The fraction of sp³-hybridized carbons (Fsp3) is 0.761. The third-order valence-corrected chi connectivity index (χ3v) is 20.5. The smallest absolute Gasteiger partial charge is 0.334 e. The van der Waals surface area contributed by atoms with Gasteiger partial charge in [0.1, 0.15) is 6.10 Å². The van der Waals surface area contributed by atoms with Crippen LogP contribution < -0.4 is 10.4 Å². The van der Waals surface area contributed by atoms with Crippen molar-refractivity contribution in [3.05, 3.63) is 60.7 Å². The first kappa shape index (κ1) is 69.6. The molecule has 0 fully saturated rings. The summed E-state index contributed by atoms with van der Waals surface area (Å²) in [5.41, 5.74) is 0. The molecule has 0 aliphatic heterocycles. The molecule has 440 valence electrons. The van der Waals surface area contributed by atoms with E-state index in [-0.39, 0.29) is 42.4 Å². The number of ether oxygens (including phenoxy) is 4. The summed E-state index contributed by atoms with van der Waals surface area (Å²) in [4.78, 5) is 53.3. The van der Waals surface area contributed by atoms with Crippen LogP contribution in [0, 0.1) is 11.8 Å². The highest BCUT2D eigenvalue weighted by Gasteiger charge is 2.52. The standard InChI is InChI=1S/C67H114O9Si/c1-8-12-16-20-22-32-44-58(42-30-18-14-10-3)56-64(69)73-53-39-25-24-38-52-72-63(68)51-50-62(76-77(67(5,6)7,60-46-34-28-35-47-60)61-48-36-29-37-49-61)66(71)75-55-41-27-26-40-54-74-65(70)57-59(43-31-19-15-11-4)45-33-23-21-17-13-9-2/h28-29,34-37,46-49,58-59,62H,8-27,30-33,38-45,50-57H2,1-7H3. The monoisotopic (exact) mass is 1090 g/mol. The maximum Gasteiger partial charge on any atom is 0.334 e. The Balaban J connectivity index is 1.92. The first-order chi connectivity index (χ1) is 37.4. The van der Waals surface area contributed by atoms with E-state index in [1.807, 2.05) is 36.4 Å². The SMILES string of the molecule is CCCCCCCCC(CCCCCC)CC(=O)OCCCCCCOC(=O)CCC(O[Si](c1ccccc1)(c1ccccc1)C(C)(C)C)C(=O)OCCCCCCOC(=O)CC(CCCCCC)CCCCCCCC. The van der Waals surface area contributed by atoms with E-state index < -0.39 is 20.4 Å². The predicted octanol–water partition coefficient (Wildman–Crippen LogP) is 17.5. The lowest BCUT2D eigenvalue weighted by atomic mass is 9.91. The summed E-state index contributed by atoms with van der Waals surface area (Å²) >= 11 is 0. The summed E-state index contributed by atoms with van der Waals surface area (Å²) in [5, 5.41) is 1.70. The highest BCUT2D eigenvalue weighted by atomic mass is 28.4. The molecule has 0 heterocycles. The maximum absolute atomic E-state index is 14.2. The number of unbranched alkanes of at least 4 members (excludes halogenated alkanes) is 22. The molecule has 0 N–H and O–H groups in total. The summed E-state index contributed by atoms with van der Waals surface area (Å²) in [6, 6.07) is 20.4. The van der Waals surface area contributed by atoms with Crippen molar-refractivity contribution >= 4 is 42.6 Å². The average Bonchev–Trinajstić information content (AvgIpc) is 3.46. The van der Waals surface area contributed by atoms with Crippen molar-refractivity contribution in [3.8, 4) is 0 Å². The van der Waals surface area contributed by atoms with Gasteiger partial charge in [0, 0.05) is 19.3 Å². The van der Waals surface area contributed by atoms with Crippen molar-refractivity contribution in [2.45, 2.75) is 291 Å². The Kier molecular flexibility index (Phi) is 40.9. The van der Waals surface area contributed by atoms with Gasteiger partial charge in [0.2, 0.25) is 0 Å². The molecule has 3 unspecified atom stereocenters. The summed E-state index contributed by atoms with van der Waals surface area (Å²) in [7, 11) is -3.17. The van der Waals surface area contributed by atoms with Gasteiger partial charge in [-0.15, -0.1) is 0 Å². The van der Waals surface area contributed by atoms with Crippen LogP contribution in [0.2, 0.25) is 5.04 Å². The minimum absolute atomic E-state index is 0.0176. The molecular formula is C67H114O9Si. The van der Waals surface area contributed by atoms with Gasteiger partial charge in [0.05, 0.1) is 26.4 Å². The van der Waals surface area contributed by atoms with Crippen molar-refractivity contribution in [1.82, 2.24) is 0 Å². The molecule has 3 atom stereocenters. The van der Waals surface area contributed by atoms with Gasteiger partial charge >= 0.3 is 23.9 Å². The number of rotatable bonds is 50. The molecule has 0 spiro atoms. The normalized spacial score (nSPS) is 13.0. The summed E-state index contributed by atoms with van der Waals surface area (Å²) in [5.74, 6) is -0.141. The van der Waals surface area contributed by atoms with Gasteiger partial charge in [-0.2, -0.15) is 0 Å². The molecule has 0 aliphatic carbocycles. The van der Waals surface area contributed by atoms with Gasteiger partial charge in [-0.05, 0) is 111 Å². The van der Waals surface area contributed by atoms with E-state index in [1.54, 1.807) is 0 Å². The van der Waals surface area contributed by atoms with E-state index in [4.69, 9.17) is 23.4 Å². The zero-order valence-corrected chi connectivity index (χ0v) is 51.5. The van der Waals surface area contributed by atoms with E-state index in [0.717, 1.165) is 74.6 Å². The lowest BCUT2D eigenvalue weighted by Gasteiger charge is -2.44. The number of carbonyl (C=O) groups excluding carboxylic acids is 4. The molecule has 9 nitrogen and oxygen atoms in total. The highest BCUT2D eigenvalue weighted by molar-refractivity contribution is 6.99. The summed E-state index contributed by atoms with van der Waals surface area (Å²) < 4.78 is 30.4. The van der Waals surface area contributed by atoms with E-state index >= 15 is 0 Å². The van der Waals surface area contributed by atoms with Crippen LogP contribution in [-0.2, 0) is 42.6 Å².